The summed E-state index contributed by atoms with van der Waals surface area (Å²) in [5.74, 6) is 0.0816. The van der Waals surface area contributed by atoms with E-state index in [1.165, 1.54) is 37.3 Å². The molecule has 40 heavy (non-hydrogen) atoms. The van der Waals surface area contributed by atoms with Gasteiger partial charge in [-0.1, -0.05) is 36.6 Å². The van der Waals surface area contributed by atoms with Crippen molar-refractivity contribution in [3.63, 3.8) is 0 Å². The second-order valence-electron chi connectivity index (χ2n) is 9.86. The molecule has 4 bridgehead atoms. The number of carbonyl (C=O) groups excluding carboxylic acids is 1. The molecular weight excluding hydrogens is 541 g/mol. The van der Waals surface area contributed by atoms with E-state index in [1.807, 2.05) is 4.90 Å². The zero-order valence-corrected chi connectivity index (χ0v) is 22.9. The molecule has 0 saturated carbocycles. The Morgan fingerprint density at radius 2 is 1.88 bits per heavy atom. The summed E-state index contributed by atoms with van der Waals surface area (Å²) in [5.41, 5.74) is -1.35. The van der Waals surface area contributed by atoms with Crippen LogP contribution in [-0.4, -0.2) is 37.3 Å². The Morgan fingerprint density at radius 1 is 1.07 bits per heavy atom. The lowest BCUT2D eigenvalue weighted by atomic mass is 9.94. The first kappa shape index (κ1) is 25.5. The Morgan fingerprint density at radius 3 is 2.62 bits per heavy atom. The van der Waals surface area contributed by atoms with Crippen LogP contribution in [0.5, 0.6) is 0 Å². The summed E-state index contributed by atoms with van der Waals surface area (Å²) >= 11 is 0. The minimum Gasteiger partial charge on any atom is -0.357 e. The number of aryl methyl sites for hydroxylation is 2. The molecule has 4 rings (SSSR count). The summed E-state index contributed by atoms with van der Waals surface area (Å²) in [6.07, 6.45) is -0.615. The van der Waals surface area contributed by atoms with Crippen LogP contribution in [0.25, 0.3) is 11.3 Å². The number of nitrogens with zero attached hydrogens (tertiary/aromatic N) is 3. The van der Waals surface area contributed by atoms with E-state index >= 15 is 0 Å². The molecule has 1 aromatic carbocycles. The fourth-order valence-corrected chi connectivity index (χ4v) is 5.68. The molecule has 0 fully saturated rings. The Labute approximate surface area is 237 Å². The average molecular weight is 578 g/mol. The van der Waals surface area contributed by atoms with E-state index in [4.69, 9.17) is 4.11 Å². The molecule has 3 aromatic rings. The zero-order chi connectivity index (χ0) is 31.4. The molecule has 0 saturated heterocycles. The highest BCUT2D eigenvalue weighted by atomic mass is 32.2. The lowest BCUT2D eigenvalue weighted by Gasteiger charge is -2.24. The molecule has 1 aliphatic rings. The SMILES string of the molecule is [2H]C([2H])([2H])c1ccc2c(c1)-c1nc(ccc1C(F)(F)F)NS(=O)(=O)c1cccc(n1)N(CCCC(C)=O)CCCCCC2. The van der Waals surface area contributed by atoms with Crippen LogP contribution < -0.4 is 9.62 Å². The number of alkyl halides is 3. The van der Waals surface area contributed by atoms with Gasteiger partial charge in [0.2, 0.25) is 0 Å². The standard InChI is InChI=1S/C29H33F3N4O3S/c1-20-13-14-22-10-5-3-4-6-17-36(18-8-9-21(2)37)26-11-7-12-27(34-26)40(38,39)35-25-16-15-24(29(30,31)32)28(33-25)23(22)19-20/h7,11-16,19H,3-6,8-10,17-18H2,1-2H3,(H,33,35)/i1D3. The normalized spacial score (nSPS) is 17.4. The van der Waals surface area contributed by atoms with Gasteiger partial charge in [0.1, 0.15) is 17.4 Å². The summed E-state index contributed by atoms with van der Waals surface area (Å²) in [4.78, 5) is 21.9. The van der Waals surface area contributed by atoms with Crippen molar-refractivity contribution in [3.05, 3.63) is 65.2 Å². The highest BCUT2D eigenvalue weighted by molar-refractivity contribution is 7.92. The first-order valence-electron chi connectivity index (χ1n) is 14.6. The Kier molecular flexibility index (Phi) is 7.88. The van der Waals surface area contributed by atoms with Gasteiger partial charge in [-0.3, -0.25) is 4.72 Å². The zero-order valence-electron chi connectivity index (χ0n) is 25.1. The maximum absolute atomic E-state index is 14.2. The van der Waals surface area contributed by atoms with Gasteiger partial charge in [0.05, 0.1) is 11.3 Å². The van der Waals surface area contributed by atoms with E-state index in [1.54, 1.807) is 6.07 Å². The first-order chi connectivity index (χ1) is 20.1. The minimum absolute atomic E-state index is 0.0110. The number of rotatable bonds is 4. The number of hydrogen-bond acceptors (Lipinski definition) is 6. The number of sulfonamides is 1. The molecule has 0 atom stereocenters. The van der Waals surface area contributed by atoms with Gasteiger partial charge in [0.25, 0.3) is 10.0 Å². The molecule has 0 unspecified atom stereocenters. The highest BCUT2D eigenvalue weighted by Gasteiger charge is 2.35. The maximum atomic E-state index is 14.2. The van der Waals surface area contributed by atoms with Gasteiger partial charge in [-0.25, -0.2) is 9.97 Å². The molecular formula is C29H33F3N4O3S. The van der Waals surface area contributed by atoms with Crippen molar-refractivity contribution in [2.45, 2.75) is 69.9 Å². The Balaban J connectivity index is 1.83. The molecule has 7 nitrogen and oxygen atoms in total. The van der Waals surface area contributed by atoms with Gasteiger partial charge < -0.3 is 9.69 Å². The topological polar surface area (TPSA) is 92.3 Å². The summed E-state index contributed by atoms with van der Waals surface area (Å²) in [7, 11) is -4.38. The van der Waals surface area contributed by atoms with Crippen molar-refractivity contribution in [2.75, 3.05) is 22.7 Å². The van der Waals surface area contributed by atoms with Crippen molar-refractivity contribution in [1.29, 1.82) is 0 Å². The number of fused-ring (bicyclic) bond motifs is 6. The number of benzene rings is 1. The Hall–Kier alpha value is -3.47. The summed E-state index contributed by atoms with van der Waals surface area (Å²) in [5, 5.41) is -0.348. The van der Waals surface area contributed by atoms with Gasteiger partial charge >= 0.3 is 6.18 Å². The highest BCUT2D eigenvalue weighted by Crippen LogP contribution is 2.39. The predicted molar refractivity (Wildman–Crippen MR) is 149 cm³/mol. The molecule has 0 aliphatic carbocycles. The van der Waals surface area contributed by atoms with E-state index in [-0.39, 0.29) is 27.8 Å². The van der Waals surface area contributed by atoms with Crippen molar-refractivity contribution in [2.24, 2.45) is 0 Å². The molecule has 214 valence electrons. The van der Waals surface area contributed by atoms with Crippen LogP contribution in [0.4, 0.5) is 24.8 Å². The van der Waals surface area contributed by atoms with Gasteiger partial charge in [-0.05, 0) is 75.4 Å². The van der Waals surface area contributed by atoms with Crippen molar-refractivity contribution in [1.82, 2.24) is 9.97 Å². The summed E-state index contributed by atoms with van der Waals surface area (Å²) in [6.45, 7) is -0.00585. The number of pyridine rings is 2. The third-order valence-electron chi connectivity index (χ3n) is 6.69. The molecule has 3 heterocycles. The average Bonchev–Trinajstić information content (AvgIpc) is 2.92. The van der Waals surface area contributed by atoms with Crippen LogP contribution in [0.15, 0.2) is 53.6 Å². The van der Waals surface area contributed by atoms with Crippen molar-refractivity contribution >= 4 is 27.4 Å². The molecule has 1 aliphatic heterocycles. The number of ketones is 1. The maximum Gasteiger partial charge on any atom is 0.418 e. The number of nitrogens with one attached hydrogen (secondary N) is 1. The lowest BCUT2D eigenvalue weighted by Crippen LogP contribution is -2.28. The molecule has 11 heteroatoms. The van der Waals surface area contributed by atoms with E-state index in [0.29, 0.717) is 50.2 Å². The number of anilines is 2. The fourth-order valence-electron chi connectivity index (χ4n) is 4.72. The van der Waals surface area contributed by atoms with Crippen LogP contribution >= 0.6 is 0 Å². The third-order valence-corrected chi connectivity index (χ3v) is 7.95. The van der Waals surface area contributed by atoms with E-state index in [0.717, 1.165) is 31.4 Å². The second kappa shape index (κ2) is 12.4. The molecule has 0 spiro atoms. The number of hydrogen-bond donors (Lipinski definition) is 1. The number of halogens is 3. The van der Waals surface area contributed by atoms with Crippen LogP contribution in [0.2, 0.25) is 0 Å². The Bertz CT molecular complexity index is 1580. The summed E-state index contributed by atoms with van der Waals surface area (Å²) < 4.78 is 95.0. The van der Waals surface area contributed by atoms with Gasteiger partial charge in [-0.15, -0.1) is 0 Å². The van der Waals surface area contributed by atoms with Crippen LogP contribution in [0, 0.1) is 6.85 Å². The van der Waals surface area contributed by atoms with Crippen molar-refractivity contribution in [3.8, 4) is 11.3 Å². The quantitative estimate of drug-likeness (QED) is 0.377. The van der Waals surface area contributed by atoms with E-state index in [9.17, 15) is 26.4 Å². The summed E-state index contributed by atoms with van der Waals surface area (Å²) in [6, 6.07) is 10.2. The van der Waals surface area contributed by atoms with Crippen LogP contribution in [0.3, 0.4) is 0 Å². The molecule has 1 N–H and O–H groups in total. The van der Waals surface area contributed by atoms with Crippen LogP contribution in [0.1, 0.15) is 66.3 Å². The first-order valence-corrected chi connectivity index (χ1v) is 14.6. The van der Waals surface area contributed by atoms with E-state index in [2.05, 4.69) is 14.7 Å². The smallest absolute Gasteiger partial charge is 0.357 e. The molecule has 0 radical (unpaired) electrons. The number of Topliss-reactive ketones (excluding diaryl/α,β-unsaturated/α-hetero) is 1. The number of aromatic nitrogens is 2. The van der Waals surface area contributed by atoms with Crippen LogP contribution in [-0.2, 0) is 27.4 Å². The van der Waals surface area contributed by atoms with Gasteiger partial charge in [0.15, 0.2) is 5.03 Å². The monoisotopic (exact) mass is 577 g/mol. The van der Waals surface area contributed by atoms with E-state index < -0.39 is 34.3 Å². The van der Waals surface area contributed by atoms with Crippen molar-refractivity contribution < 1.29 is 30.5 Å². The largest absolute Gasteiger partial charge is 0.418 e. The lowest BCUT2D eigenvalue weighted by molar-refractivity contribution is -0.137. The van der Waals surface area contributed by atoms with Gasteiger partial charge in [0, 0.05) is 29.2 Å². The molecule has 2 aromatic heterocycles. The third kappa shape index (κ3) is 7.38. The minimum atomic E-state index is -4.84. The predicted octanol–water partition coefficient (Wildman–Crippen LogP) is 6.56. The molecule has 0 amide bonds. The van der Waals surface area contributed by atoms with Gasteiger partial charge in [-0.2, -0.15) is 21.6 Å². The second-order valence-corrected chi connectivity index (χ2v) is 11.5. The number of carbonyl (C=O) groups is 1. The fraction of sp³-hybridized carbons (Fsp3) is 0.414.